The van der Waals surface area contributed by atoms with Crippen LogP contribution in [-0.4, -0.2) is 55.5 Å². The van der Waals surface area contributed by atoms with Crippen LogP contribution in [0.2, 0.25) is 0 Å². The summed E-state index contributed by atoms with van der Waals surface area (Å²) >= 11 is 0. The second kappa shape index (κ2) is 10.2. The Labute approximate surface area is 209 Å². The van der Waals surface area contributed by atoms with Crippen LogP contribution in [0.25, 0.3) is 33.2 Å². The number of benzene rings is 1. The van der Waals surface area contributed by atoms with Gasteiger partial charge in [-0.25, -0.2) is 4.79 Å². The molecule has 4 aromatic rings. The molecule has 4 heterocycles. The van der Waals surface area contributed by atoms with Gasteiger partial charge in [-0.1, -0.05) is 12.1 Å². The maximum absolute atomic E-state index is 12.8. The third-order valence-electron chi connectivity index (χ3n) is 7.01. The first-order valence-corrected chi connectivity index (χ1v) is 12.5. The van der Waals surface area contributed by atoms with Crippen LogP contribution >= 0.6 is 0 Å². The number of hydrogen-bond acceptors (Lipinski definition) is 7. The van der Waals surface area contributed by atoms with Crippen molar-refractivity contribution in [2.75, 3.05) is 26.2 Å². The van der Waals surface area contributed by atoms with E-state index in [1.165, 1.54) is 0 Å². The van der Waals surface area contributed by atoms with Crippen molar-refractivity contribution in [2.45, 2.75) is 39.3 Å². The molecule has 0 aliphatic carbocycles. The molecule has 1 fully saturated rings. The van der Waals surface area contributed by atoms with E-state index in [4.69, 9.17) is 10.00 Å². The van der Waals surface area contributed by atoms with Gasteiger partial charge in [-0.05, 0) is 63.5 Å². The van der Waals surface area contributed by atoms with Gasteiger partial charge in [-0.2, -0.15) is 5.26 Å². The second-order valence-corrected chi connectivity index (χ2v) is 9.75. The van der Waals surface area contributed by atoms with E-state index in [1.807, 2.05) is 44.3 Å². The molecule has 0 spiro atoms. The fourth-order valence-electron chi connectivity index (χ4n) is 4.89. The molecular weight excluding hydrogens is 454 g/mol. The van der Waals surface area contributed by atoms with Gasteiger partial charge in [0.15, 0.2) is 5.65 Å². The van der Waals surface area contributed by atoms with Gasteiger partial charge in [-0.3, -0.25) is 14.1 Å². The third-order valence-corrected chi connectivity index (χ3v) is 7.01. The molecule has 0 N–H and O–H groups in total. The summed E-state index contributed by atoms with van der Waals surface area (Å²) in [7, 11) is 1.73. The SMILES string of the molecule is CC(C)n1c(=O)n(C)c2nnc3ccc(-c4ccc(COCCN5CCC(C#N)CC5)nc4)cc3c21. The van der Waals surface area contributed by atoms with Crippen LogP contribution in [0.15, 0.2) is 41.3 Å². The number of piperidine rings is 1. The van der Waals surface area contributed by atoms with E-state index < -0.39 is 0 Å². The molecule has 1 aliphatic rings. The lowest BCUT2D eigenvalue weighted by atomic mass is 9.99. The lowest BCUT2D eigenvalue weighted by Crippen LogP contribution is -2.35. The van der Waals surface area contributed by atoms with Crippen molar-refractivity contribution < 1.29 is 4.74 Å². The van der Waals surface area contributed by atoms with Crippen LogP contribution in [-0.2, 0) is 18.4 Å². The highest BCUT2D eigenvalue weighted by Crippen LogP contribution is 2.28. The molecule has 1 aromatic carbocycles. The molecule has 5 rings (SSSR count). The summed E-state index contributed by atoms with van der Waals surface area (Å²) in [5.41, 5.74) is 4.92. The summed E-state index contributed by atoms with van der Waals surface area (Å²) in [5.74, 6) is 0.208. The van der Waals surface area contributed by atoms with E-state index >= 15 is 0 Å². The lowest BCUT2D eigenvalue weighted by molar-refractivity contribution is 0.0812. The fraction of sp³-hybridized carbons (Fsp3) is 0.444. The van der Waals surface area contributed by atoms with Crippen molar-refractivity contribution in [3.05, 3.63) is 52.7 Å². The summed E-state index contributed by atoms with van der Waals surface area (Å²) in [6.45, 7) is 7.93. The molecule has 0 amide bonds. The van der Waals surface area contributed by atoms with Crippen LogP contribution in [0.1, 0.15) is 38.4 Å². The zero-order chi connectivity index (χ0) is 25.2. The standard InChI is InChI=1S/C27H31N7O2/c1-18(2)34-25-23-14-20(5-7-24(23)30-31-26(25)32(3)27(34)35)21-4-6-22(29-16-21)17-36-13-12-33-10-8-19(15-28)9-11-33/h4-7,14,16,18-19H,8-13,17H2,1-3H3. The fourth-order valence-corrected chi connectivity index (χ4v) is 4.89. The number of ether oxygens (including phenoxy) is 1. The number of imidazole rings is 1. The number of hydrogen-bond donors (Lipinski definition) is 0. The molecule has 0 bridgehead atoms. The first-order valence-electron chi connectivity index (χ1n) is 12.5. The highest BCUT2D eigenvalue weighted by atomic mass is 16.5. The molecule has 186 valence electrons. The number of pyridine rings is 1. The minimum atomic E-state index is -0.0927. The largest absolute Gasteiger partial charge is 0.374 e. The molecule has 0 saturated carbocycles. The number of aryl methyl sites for hydroxylation is 1. The van der Waals surface area contributed by atoms with Gasteiger partial charge < -0.3 is 9.64 Å². The predicted molar refractivity (Wildman–Crippen MR) is 138 cm³/mol. The van der Waals surface area contributed by atoms with E-state index in [0.717, 1.165) is 65.7 Å². The molecule has 1 aliphatic heterocycles. The molecular formula is C27H31N7O2. The predicted octanol–water partition coefficient (Wildman–Crippen LogP) is 3.68. The first kappa shape index (κ1) is 24.1. The van der Waals surface area contributed by atoms with Gasteiger partial charge >= 0.3 is 5.69 Å². The van der Waals surface area contributed by atoms with E-state index in [-0.39, 0.29) is 17.6 Å². The number of nitriles is 1. The third kappa shape index (κ3) is 4.62. The molecule has 0 radical (unpaired) electrons. The second-order valence-electron chi connectivity index (χ2n) is 9.75. The summed E-state index contributed by atoms with van der Waals surface area (Å²) in [4.78, 5) is 19.8. The summed E-state index contributed by atoms with van der Waals surface area (Å²) in [5, 5.41) is 18.6. The minimum absolute atomic E-state index is 0.00239. The highest BCUT2D eigenvalue weighted by Gasteiger charge is 2.19. The van der Waals surface area contributed by atoms with Crippen LogP contribution in [0.4, 0.5) is 0 Å². The monoisotopic (exact) mass is 485 g/mol. The van der Waals surface area contributed by atoms with Crippen molar-refractivity contribution in [3.63, 3.8) is 0 Å². The van der Waals surface area contributed by atoms with Gasteiger partial charge in [0.2, 0.25) is 0 Å². The number of rotatable bonds is 7. The maximum atomic E-state index is 12.8. The first-order chi connectivity index (χ1) is 17.5. The average Bonchev–Trinajstić information content (AvgIpc) is 3.17. The molecule has 1 saturated heterocycles. The smallest absolute Gasteiger partial charge is 0.330 e. The molecule has 9 heteroatoms. The van der Waals surface area contributed by atoms with Crippen molar-refractivity contribution in [3.8, 4) is 17.2 Å². The maximum Gasteiger partial charge on any atom is 0.330 e. The average molecular weight is 486 g/mol. The highest BCUT2D eigenvalue weighted by molar-refractivity contribution is 6.02. The van der Waals surface area contributed by atoms with Crippen LogP contribution in [0.5, 0.6) is 0 Å². The van der Waals surface area contributed by atoms with Crippen molar-refractivity contribution >= 4 is 22.1 Å². The molecule has 9 nitrogen and oxygen atoms in total. The Balaban J connectivity index is 1.29. The molecule has 3 aromatic heterocycles. The number of likely N-dealkylation sites (tertiary alicyclic amines) is 1. The van der Waals surface area contributed by atoms with Crippen molar-refractivity contribution in [1.29, 1.82) is 5.26 Å². The Morgan fingerprint density at radius 1 is 1.14 bits per heavy atom. The molecule has 36 heavy (non-hydrogen) atoms. The van der Waals surface area contributed by atoms with Crippen LogP contribution in [0, 0.1) is 17.2 Å². The lowest BCUT2D eigenvalue weighted by Gasteiger charge is -2.28. The quantitative estimate of drug-likeness (QED) is 0.368. The zero-order valence-corrected chi connectivity index (χ0v) is 21.0. The van der Waals surface area contributed by atoms with Crippen molar-refractivity contribution in [1.82, 2.24) is 29.2 Å². The molecule has 0 unspecified atom stereocenters. The van der Waals surface area contributed by atoms with E-state index in [2.05, 4.69) is 32.2 Å². The van der Waals surface area contributed by atoms with E-state index in [9.17, 15) is 4.79 Å². The Bertz CT molecular complexity index is 1470. The van der Waals surface area contributed by atoms with Gasteiger partial charge in [0.1, 0.15) is 5.52 Å². The topological polar surface area (TPSA) is 102 Å². The van der Waals surface area contributed by atoms with E-state index in [0.29, 0.717) is 18.9 Å². The van der Waals surface area contributed by atoms with Crippen LogP contribution in [0.3, 0.4) is 0 Å². The Morgan fingerprint density at radius 2 is 1.92 bits per heavy atom. The van der Waals surface area contributed by atoms with Gasteiger partial charge in [0.25, 0.3) is 0 Å². The Kier molecular flexibility index (Phi) is 6.81. The number of aromatic nitrogens is 5. The number of fused-ring (bicyclic) bond motifs is 3. The Morgan fingerprint density at radius 3 is 2.61 bits per heavy atom. The molecule has 0 atom stereocenters. The van der Waals surface area contributed by atoms with Gasteiger partial charge in [0, 0.05) is 42.7 Å². The summed E-state index contributed by atoms with van der Waals surface area (Å²) in [6, 6.07) is 12.4. The minimum Gasteiger partial charge on any atom is -0.374 e. The van der Waals surface area contributed by atoms with Crippen molar-refractivity contribution in [2.24, 2.45) is 13.0 Å². The zero-order valence-electron chi connectivity index (χ0n) is 21.0. The van der Waals surface area contributed by atoms with E-state index in [1.54, 1.807) is 16.2 Å². The Hall–Kier alpha value is -3.61. The summed E-state index contributed by atoms with van der Waals surface area (Å²) < 4.78 is 9.19. The van der Waals surface area contributed by atoms with Crippen LogP contribution < -0.4 is 5.69 Å². The number of nitrogens with zero attached hydrogens (tertiary/aromatic N) is 7. The summed E-state index contributed by atoms with van der Waals surface area (Å²) in [6.07, 6.45) is 3.76. The van der Waals surface area contributed by atoms with Gasteiger partial charge in [0.05, 0.1) is 30.5 Å². The van der Waals surface area contributed by atoms with Gasteiger partial charge in [-0.15, -0.1) is 10.2 Å². The normalized spacial score (nSPS) is 15.2.